The van der Waals surface area contributed by atoms with Crippen molar-refractivity contribution in [3.05, 3.63) is 53.3 Å². The topological polar surface area (TPSA) is 59.5 Å². The molecule has 132 valence electrons. The lowest BCUT2D eigenvalue weighted by Crippen LogP contribution is -2.49. The number of halogens is 1. The fourth-order valence-electron chi connectivity index (χ4n) is 3.91. The van der Waals surface area contributed by atoms with E-state index in [1.807, 2.05) is 12.1 Å². The van der Waals surface area contributed by atoms with Gasteiger partial charge >= 0.3 is 0 Å². The molecule has 2 unspecified atom stereocenters. The van der Waals surface area contributed by atoms with Crippen molar-refractivity contribution in [1.82, 2.24) is 9.29 Å². The van der Waals surface area contributed by atoms with Crippen molar-refractivity contribution in [2.75, 3.05) is 0 Å². The molecule has 4 rings (SSSR count). The third kappa shape index (κ3) is 3.32. The number of nitrogens with zero attached hydrogens (tertiary/aromatic N) is 2. The average molecular weight is 423 g/mol. The third-order valence-corrected chi connectivity index (χ3v) is 7.51. The standard InChI is InChI=1S/C18H19BrN2O3S/c19-13-1-5-18(6-2-13)25(22,23)21-14-3-4-15(21)12-17(11-14)24-16-7-9-20-10-8-16/h1-2,5-10,14-15,17H,3-4,11-12H2. The molecular weight excluding hydrogens is 404 g/mol. The van der Waals surface area contributed by atoms with Gasteiger partial charge in [0.05, 0.1) is 4.90 Å². The Morgan fingerprint density at radius 2 is 1.60 bits per heavy atom. The summed E-state index contributed by atoms with van der Waals surface area (Å²) in [5.74, 6) is 0.795. The lowest BCUT2D eigenvalue weighted by Gasteiger charge is -2.37. The fraction of sp³-hybridized carbons (Fsp3) is 0.389. The van der Waals surface area contributed by atoms with Crippen molar-refractivity contribution in [1.29, 1.82) is 0 Å². The molecule has 0 amide bonds. The Morgan fingerprint density at radius 1 is 1.00 bits per heavy atom. The Balaban J connectivity index is 1.53. The molecule has 0 aliphatic carbocycles. The van der Waals surface area contributed by atoms with Crippen molar-refractivity contribution in [2.45, 2.75) is 48.8 Å². The van der Waals surface area contributed by atoms with Gasteiger partial charge in [-0.05, 0) is 49.2 Å². The second kappa shape index (κ2) is 6.70. The van der Waals surface area contributed by atoms with E-state index < -0.39 is 10.0 Å². The highest BCUT2D eigenvalue weighted by molar-refractivity contribution is 9.10. The Bertz CT molecular complexity index is 828. The molecule has 2 atom stereocenters. The van der Waals surface area contributed by atoms with Crippen LogP contribution in [0.25, 0.3) is 0 Å². The average Bonchev–Trinajstić information content (AvgIpc) is 2.89. The van der Waals surface area contributed by atoms with Crippen LogP contribution < -0.4 is 4.74 Å². The molecule has 2 aliphatic heterocycles. The smallest absolute Gasteiger partial charge is 0.243 e. The minimum Gasteiger partial charge on any atom is -0.490 e. The number of benzene rings is 1. The van der Waals surface area contributed by atoms with Crippen molar-refractivity contribution in [2.24, 2.45) is 0 Å². The van der Waals surface area contributed by atoms with Crippen LogP contribution in [0.2, 0.25) is 0 Å². The molecule has 0 N–H and O–H groups in total. The van der Waals surface area contributed by atoms with Gasteiger partial charge in [0.1, 0.15) is 11.9 Å². The summed E-state index contributed by atoms with van der Waals surface area (Å²) in [6, 6.07) is 10.6. The molecule has 2 fully saturated rings. The molecule has 2 bridgehead atoms. The Kier molecular flexibility index (Phi) is 4.56. The first-order valence-corrected chi connectivity index (χ1v) is 10.6. The monoisotopic (exact) mass is 422 g/mol. The molecule has 0 radical (unpaired) electrons. The van der Waals surface area contributed by atoms with Crippen LogP contribution in [0.1, 0.15) is 25.7 Å². The summed E-state index contributed by atoms with van der Waals surface area (Å²) in [6.45, 7) is 0. The molecule has 2 saturated heterocycles. The van der Waals surface area contributed by atoms with Gasteiger partial charge in [-0.1, -0.05) is 15.9 Å². The molecule has 1 aromatic carbocycles. The zero-order chi connectivity index (χ0) is 17.4. The van der Waals surface area contributed by atoms with Crippen molar-refractivity contribution in [3.8, 4) is 5.75 Å². The predicted octanol–water partition coefficient (Wildman–Crippen LogP) is 3.61. The summed E-state index contributed by atoms with van der Waals surface area (Å²) in [6.07, 6.45) is 6.72. The highest BCUT2D eigenvalue weighted by Gasteiger charge is 2.47. The van der Waals surface area contributed by atoms with Crippen LogP contribution in [0, 0.1) is 0 Å². The van der Waals surface area contributed by atoms with Crippen LogP contribution in [0.4, 0.5) is 0 Å². The number of piperidine rings is 1. The van der Waals surface area contributed by atoms with Gasteiger partial charge in [0, 0.05) is 41.8 Å². The third-order valence-electron chi connectivity index (χ3n) is 4.96. The number of sulfonamides is 1. The molecule has 7 heteroatoms. The number of pyridine rings is 1. The number of fused-ring (bicyclic) bond motifs is 2. The highest BCUT2D eigenvalue weighted by atomic mass is 79.9. The van der Waals surface area contributed by atoms with E-state index in [4.69, 9.17) is 4.74 Å². The molecule has 0 saturated carbocycles. The first-order valence-electron chi connectivity index (χ1n) is 8.40. The van der Waals surface area contributed by atoms with Gasteiger partial charge in [0.15, 0.2) is 0 Å². The molecule has 1 aromatic heterocycles. The van der Waals surface area contributed by atoms with Gasteiger partial charge in [-0.15, -0.1) is 0 Å². The SMILES string of the molecule is O=S(=O)(c1ccc(Br)cc1)N1C2CCC1CC(Oc1ccncc1)C2. The zero-order valence-electron chi connectivity index (χ0n) is 13.6. The van der Waals surface area contributed by atoms with Gasteiger partial charge in [-0.25, -0.2) is 8.42 Å². The largest absolute Gasteiger partial charge is 0.490 e. The number of hydrogen-bond acceptors (Lipinski definition) is 4. The van der Waals surface area contributed by atoms with E-state index in [1.54, 1.807) is 41.0 Å². The quantitative estimate of drug-likeness (QED) is 0.754. The number of aromatic nitrogens is 1. The molecule has 25 heavy (non-hydrogen) atoms. The number of ether oxygens (including phenoxy) is 1. The van der Waals surface area contributed by atoms with Crippen LogP contribution in [-0.2, 0) is 10.0 Å². The summed E-state index contributed by atoms with van der Waals surface area (Å²) < 4.78 is 34.8. The minimum atomic E-state index is -3.46. The zero-order valence-corrected chi connectivity index (χ0v) is 16.0. The fourth-order valence-corrected chi connectivity index (χ4v) is 6.07. The molecule has 3 heterocycles. The second-order valence-corrected chi connectivity index (χ2v) is 9.33. The van der Waals surface area contributed by atoms with E-state index in [1.165, 1.54) is 0 Å². The summed E-state index contributed by atoms with van der Waals surface area (Å²) in [5.41, 5.74) is 0. The van der Waals surface area contributed by atoms with Gasteiger partial charge in [0.2, 0.25) is 10.0 Å². The number of rotatable bonds is 4. The summed E-state index contributed by atoms with van der Waals surface area (Å²) >= 11 is 3.35. The van der Waals surface area contributed by atoms with Crippen LogP contribution >= 0.6 is 15.9 Å². The highest BCUT2D eigenvalue weighted by Crippen LogP contribution is 2.41. The summed E-state index contributed by atoms with van der Waals surface area (Å²) in [7, 11) is -3.46. The van der Waals surface area contributed by atoms with E-state index in [2.05, 4.69) is 20.9 Å². The van der Waals surface area contributed by atoms with Crippen molar-refractivity contribution < 1.29 is 13.2 Å². The van der Waals surface area contributed by atoms with E-state index >= 15 is 0 Å². The van der Waals surface area contributed by atoms with Crippen LogP contribution in [-0.4, -0.2) is 35.9 Å². The summed E-state index contributed by atoms with van der Waals surface area (Å²) in [4.78, 5) is 4.36. The van der Waals surface area contributed by atoms with Gasteiger partial charge < -0.3 is 4.74 Å². The van der Waals surface area contributed by atoms with Gasteiger partial charge in [0.25, 0.3) is 0 Å². The minimum absolute atomic E-state index is 0.0132. The van der Waals surface area contributed by atoms with Crippen LogP contribution in [0.5, 0.6) is 5.75 Å². The summed E-state index contributed by atoms with van der Waals surface area (Å²) in [5, 5.41) is 0. The lowest BCUT2D eigenvalue weighted by atomic mass is 10.0. The second-order valence-electron chi connectivity index (χ2n) is 6.57. The maximum Gasteiger partial charge on any atom is 0.243 e. The molecule has 2 aliphatic rings. The van der Waals surface area contributed by atoms with E-state index in [9.17, 15) is 8.42 Å². The lowest BCUT2D eigenvalue weighted by molar-refractivity contribution is 0.0956. The Morgan fingerprint density at radius 3 is 2.20 bits per heavy atom. The number of hydrogen-bond donors (Lipinski definition) is 0. The molecule has 0 spiro atoms. The Labute approximate surface area is 156 Å². The van der Waals surface area contributed by atoms with E-state index in [0.717, 1.165) is 35.9 Å². The van der Waals surface area contributed by atoms with Gasteiger partial charge in [-0.3, -0.25) is 4.98 Å². The molecule has 2 aromatic rings. The first-order chi connectivity index (χ1) is 12.0. The molecular formula is C18H19BrN2O3S. The van der Waals surface area contributed by atoms with Crippen molar-refractivity contribution in [3.63, 3.8) is 0 Å². The maximum absolute atomic E-state index is 13.1. The van der Waals surface area contributed by atoms with Crippen molar-refractivity contribution >= 4 is 26.0 Å². The van der Waals surface area contributed by atoms with E-state index in [-0.39, 0.29) is 18.2 Å². The first kappa shape index (κ1) is 17.0. The Hall–Kier alpha value is -1.44. The normalized spacial score (nSPS) is 26.5. The van der Waals surface area contributed by atoms with Gasteiger partial charge in [-0.2, -0.15) is 4.31 Å². The predicted molar refractivity (Wildman–Crippen MR) is 97.9 cm³/mol. The van der Waals surface area contributed by atoms with E-state index in [0.29, 0.717) is 4.90 Å². The molecule has 5 nitrogen and oxygen atoms in total. The maximum atomic E-state index is 13.1. The van der Waals surface area contributed by atoms with Crippen LogP contribution in [0.3, 0.4) is 0 Å². The van der Waals surface area contributed by atoms with Crippen LogP contribution in [0.15, 0.2) is 58.2 Å².